The number of amides is 2. The van der Waals surface area contributed by atoms with Crippen LogP contribution in [0.3, 0.4) is 0 Å². The molecule has 2 rings (SSSR count). The molecular formula is C16H15ClF3NO3. The van der Waals surface area contributed by atoms with E-state index >= 15 is 0 Å². The number of hydrogen-bond acceptors (Lipinski definition) is 3. The first-order valence-corrected chi connectivity index (χ1v) is 7.76. The van der Waals surface area contributed by atoms with Crippen LogP contribution in [0.1, 0.15) is 38.2 Å². The Labute approximate surface area is 141 Å². The summed E-state index contributed by atoms with van der Waals surface area (Å²) in [6, 6.07) is 2.42. The highest BCUT2D eigenvalue weighted by Gasteiger charge is 2.40. The number of alkyl halides is 3. The van der Waals surface area contributed by atoms with E-state index in [1.165, 1.54) is 6.08 Å². The van der Waals surface area contributed by atoms with Crippen LogP contribution < -0.4 is 4.90 Å². The van der Waals surface area contributed by atoms with Gasteiger partial charge in [-0.05, 0) is 37.1 Å². The number of rotatable bonds is 5. The molecule has 4 nitrogen and oxygen atoms in total. The molecule has 1 aliphatic heterocycles. The highest BCUT2D eigenvalue weighted by atomic mass is 35.5. The first kappa shape index (κ1) is 18.3. The number of carbonyl (C=O) groups is 2. The van der Waals surface area contributed by atoms with Crippen LogP contribution in [-0.2, 0) is 15.7 Å². The molecule has 0 saturated carbocycles. The predicted molar refractivity (Wildman–Crippen MR) is 82.6 cm³/mol. The van der Waals surface area contributed by atoms with Gasteiger partial charge in [0.15, 0.2) is 5.76 Å². The normalized spacial score (nSPS) is 16.9. The minimum atomic E-state index is -4.62. The summed E-state index contributed by atoms with van der Waals surface area (Å²) < 4.78 is 43.3. The molecule has 1 heterocycles. The van der Waals surface area contributed by atoms with E-state index in [0.29, 0.717) is 17.4 Å². The van der Waals surface area contributed by atoms with Gasteiger partial charge < -0.3 is 4.74 Å². The molecule has 0 atom stereocenters. The van der Waals surface area contributed by atoms with E-state index in [-0.39, 0.29) is 16.5 Å². The third kappa shape index (κ3) is 3.90. The van der Waals surface area contributed by atoms with Gasteiger partial charge in [-0.1, -0.05) is 31.4 Å². The first-order valence-electron chi connectivity index (χ1n) is 7.39. The quantitative estimate of drug-likeness (QED) is 0.527. The number of carbonyl (C=O) groups excluding carboxylic acids is 2. The van der Waals surface area contributed by atoms with E-state index in [9.17, 15) is 22.8 Å². The van der Waals surface area contributed by atoms with E-state index in [2.05, 4.69) is 0 Å². The Kier molecular flexibility index (Phi) is 5.54. The topological polar surface area (TPSA) is 46.6 Å². The summed E-state index contributed by atoms with van der Waals surface area (Å²) in [6.07, 6.45) is -0.926. The largest absolute Gasteiger partial charge is 0.427 e. The molecule has 0 spiro atoms. The Bertz CT molecular complexity index is 686. The van der Waals surface area contributed by atoms with Gasteiger partial charge in [-0.3, -0.25) is 4.79 Å². The standard InChI is InChI=1S/C16H15ClF3NO3/c1-2-3-4-5-6-13-14(22)21(15(23)24-13)12-9-10(16(18,19)20)7-8-11(12)17/h6-9H,2-5H2,1H3. The minimum Gasteiger partial charge on any atom is -0.404 e. The molecule has 0 aromatic heterocycles. The SMILES string of the molecule is CCCCCC=C1OC(=O)N(c2cc(C(F)(F)F)ccc2Cl)C1=O. The highest BCUT2D eigenvalue weighted by Crippen LogP contribution is 2.37. The molecular weight excluding hydrogens is 347 g/mol. The van der Waals surface area contributed by atoms with Crippen LogP contribution in [-0.4, -0.2) is 12.0 Å². The van der Waals surface area contributed by atoms with E-state index in [1.807, 2.05) is 6.92 Å². The van der Waals surface area contributed by atoms with E-state index in [1.54, 1.807) is 0 Å². The van der Waals surface area contributed by atoms with E-state index < -0.39 is 23.7 Å². The first-order chi connectivity index (χ1) is 11.3. The van der Waals surface area contributed by atoms with Gasteiger partial charge in [0, 0.05) is 0 Å². The summed E-state index contributed by atoms with van der Waals surface area (Å²) >= 11 is 5.86. The molecule has 0 unspecified atom stereocenters. The summed E-state index contributed by atoms with van der Waals surface area (Å²) in [5.74, 6) is -1.01. The van der Waals surface area contributed by atoms with Crippen molar-refractivity contribution in [2.45, 2.75) is 38.8 Å². The van der Waals surface area contributed by atoms with Crippen molar-refractivity contribution in [3.05, 3.63) is 40.6 Å². The maximum atomic E-state index is 12.8. The van der Waals surface area contributed by atoms with E-state index in [4.69, 9.17) is 16.3 Å². The van der Waals surface area contributed by atoms with Crippen LogP contribution in [0.25, 0.3) is 0 Å². The van der Waals surface area contributed by atoms with Crippen molar-refractivity contribution < 1.29 is 27.5 Å². The molecule has 1 saturated heterocycles. The van der Waals surface area contributed by atoms with Gasteiger partial charge in [0.25, 0.3) is 0 Å². The lowest BCUT2D eigenvalue weighted by atomic mass is 10.1. The molecule has 24 heavy (non-hydrogen) atoms. The van der Waals surface area contributed by atoms with Gasteiger partial charge in [-0.2, -0.15) is 13.2 Å². The summed E-state index contributed by atoms with van der Waals surface area (Å²) in [5.41, 5.74) is -1.36. The number of ether oxygens (including phenoxy) is 1. The average molecular weight is 362 g/mol. The summed E-state index contributed by atoms with van der Waals surface area (Å²) in [7, 11) is 0. The van der Waals surface area contributed by atoms with Crippen LogP contribution in [0, 0.1) is 0 Å². The number of nitrogens with zero attached hydrogens (tertiary/aromatic N) is 1. The fourth-order valence-electron chi connectivity index (χ4n) is 2.20. The van der Waals surface area contributed by atoms with Crippen LogP contribution in [0.2, 0.25) is 5.02 Å². The van der Waals surface area contributed by atoms with Crippen molar-refractivity contribution >= 4 is 29.3 Å². The molecule has 8 heteroatoms. The third-order valence-electron chi connectivity index (χ3n) is 3.45. The van der Waals surface area contributed by atoms with Crippen molar-refractivity contribution in [3.63, 3.8) is 0 Å². The second-order valence-corrected chi connectivity index (χ2v) is 5.64. The van der Waals surface area contributed by atoms with Crippen molar-refractivity contribution in [2.24, 2.45) is 0 Å². The number of unbranched alkanes of at least 4 members (excludes halogenated alkanes) is 3. The smallest absolute Gasteiger partial charge is 0.404 e. The Balaban J connectivity index is 2.29. The Hall–Kier alpha value is -2.02. The van der Waals surface area contributed by atoms with Crippen molar-refractivity contribution in [1.29, 1.82) is 0 Å². The van der Waals surface area contributed by atoms with Crippen LogP contribution in [0.5, 0.6) is 0 Å². The zero-order valence-corrected chi connectivity index (χ0v) is 13.6. The zero-order chi connectivity index (χ0) is 17.9. The monoisotopic (exact) mass is 361 g/mol. The lowest BCUT2D eigenvalue weighted by molar-refractivity contribution is -0.137. The molecule has 1 aliphatic rings. The molecule has 0 aliphatic carbocycles. The summed E-state index contributed by atoms with van der Waals surface area (Å²) in [4.78, 5) is 24.7. The summed E-state index contributed by atoms with van der Waals surface area (Å²) in [5, 5.41) is -0.152. The molecule has 1 aromatic carbocycles. The minimum absolute atomic E-state index is 0.152. The van der Waals surface area contributed by atoms with Gasteiger partial charge >= 0.3 is 18.2 Å². The number of benzene rings is 1. The predicted octanol–water partition coefficient (Wildman–Crippen LogP) is 5.31. The lowest BCUT2D eigenvalue weighted by Gasteiger charge is -2.15. The molecule has 0 radical (unpaired) electrons. The molecule has 1 fully saturated rings. The molecule has 2 amide bonds. The van der Waals surface area contributed by atoms with Crippen LogP contribution >= 0.6 is 11.6 Å². The van der Waals surface area contributed by atoms with Gasteiger partial charge in [-0.25, -0.2) is 9.69 Å². The molecule has 0 N–H and O–H groups in total. The average Bonchev–Trinajstić information content (AvgIpc) is 2.78. The highest BCUT2D eigenvalue weighted by molar-refractivity contribution is 6.36. The third-order valence-corrected chi connectivity index (χ3v) is 3.77. The fraction of sp³-hybridized carbons (Fsp3) is 0.375. The van der Waals surface area contributed by atoms with Crippen LogP contribution in [0.4, 0.5) is 23.7 Å². The maximum Gasteiger partial charge on any atom is 0.427 e. The van der Waals surface area contributed by atoms with Gasteiger partial charge in [-0.15, -0.1) is 0 Å². The lowest BCUT2D eigenvalue weighted by Crippen LogP contribution is -2.29. The van der Waals surface area contributed by atoms with Gasteiger partial charge in [0.05, 0.1) is 16.3 Å². The summed E-state index contributed by atoms with van der Waals surface area (Å²) in [6.45, 7) is 2.02. The Morgan fingerprint density at radius 2 is 1.96 bits per heavy atom. The van der Waals surface area contributed by atoms with Gasteiger partial charge in [0.1, 0.15) is 0 Å². The molecule has 130 valence electrons. The number of imide groups is 1. The number of halogens is 4. The second kappa shape index (κ2) is 7.25. The number of hydrogen-bond donors (Lipinski definition) is 0. The molecule has 0 bridgehead atoms. The van der Waals surface area contributed by atoms with Crippen LogP contribution in [0.15, 0.2) is 30.0 Å². The maximum absolute atomic E-state index is 12.8. The van der Waals surface area contributed by atoms with Crippen molar-refractivity contribution in [3.8, 4) is 0 Å². The Morgan fingerprint density at radius 3 is 2.58 bits per heavy atom. The Morgan fingerprint density at radius 1 is 1.25 bits per heavy atom. The zero-order valence-electron chi connectivity index (χ0n) is 12.8. The van der Waals surface area contributed by atoms with E-state index in [0.717, 1.165) is 31.4 Å². The van der Waals surface area contributed by atoms with Crippen molar-refractivity contribution in [1.82, 2.24) is 0 Å². The van der Waals surface area contributed by atoms with Crippen molar-refractivity contribution in [2.75, 3.05) is 4.90 Å². The number of allylic oxidation sites excluding steroid dienone is 1. The second-order valence-electron chi connectivity index (χ2n) is 5.24. The van der Waals surface area contributed by atoms with Gasteiger partial charge in [0.2, 0.25) is 0 Å². The number of cyclic esters (lactones) is 1. The number of anilines is 1. The fourth-order valence-corrected chi connectivity index (χ4v) is 2.40. The molecule has 1 aromatic rings.